The zero-order valence-electron chi connectivity index (χ0n) is 10.1. The van der Waals surface area contributed by atoms with Gasteiger partial charge in [-0.1, -0.05) is 19.3 Å². The topological polar surface area (TPSA) is 109 Å². The summed E-state index contributed by atoms with van der Waals surface area (Å²) in [6.07, 6.45) is 6.69. The maximum atomic E-state index is 10.4. The van der Waals surface area contributed by atoms with Crippen molar-refractivity contribution in [3.8, 4) is 0 Å². The molecule has 0 amide bonds. The minimum absolute atomic E-state index is 0.147. The van der Waals surface area contributed by atoms with Crippen LogP contribution in [-0.4, -0.2) is 26.0 Å². The van der Waals surface area contributed by atoms with Crippen LogP contribution in [0.4, 0.5) is 5.82 Å². The van der Waals surface area contributed by atoms with Gasteiger partial charge in [-0.25, -0.2) is 0 Å². The molecule has 0 aromatic carbocycles. The lowest BCUT2D eigenvalue weighted by molar-refractivity contribution is -0.389. The van der Waals surface area contributed by atoms with E-state index in [1.807, 2.05) is 0 Å². The minimum atomic E-state index is -0.752. The molecule has 0 aliphatic carbocycles. The molecule has 7 heteroatoms. The highest BCUT2D eigenvalue weighted by molar-refractivity contribution is 5.66. The van der Waals surface area contributed by atoms with Gasteiger partial charge in [0.1, 0.15) is 6.20 Å². The lowest BCUT2D eigenvalue weighted by Gasteiger charge is -1.97. The van der Waals surface area contributed by atoms with Gasteiger partial charge in [-0.2, -0.15) is 0 Å². The fourth-order valence-electron chi connectivity index (χ4n) is 1.67. The third-order valence-electron chi connectivity index (χ3n) is 2.61. The summed E-state index contributed by atoms with van der Waals surface area (Å²) < 4.78 is 0. The third kappa shape index (κ3) is 5.42. The minimum Gasteiger partial charge on any atom is -0.481 e. The summed E-state index contributed by atoms with van der Waals surface area (Å²) in [5.74, 6) is -0.267. The summed E-state index contributed by atoms with van der Waals surface area (Å²) in [4.78, 5) is 26.7. The lowest BCUT2D eigenvalue weighted by Crippen LogP contribution is -1.94. The Morgan fingerprint density at radius 3 is 2.61 bits per heavy atom. The zero-order chi connectivity index (χ0) is 13.4. The Balaban J connectivity index is 2.07. The summed E-state index contributed by atoms with van der Waals surface area (Å²) in [6, 6.07) is 0. The highest BCUT2D eigenvalue weighted by Gasteiger charge is 2.11. The second kappa shape index (κ2) is 7.41. The van der Waals surface area contributed by atoms with Crippen molar-refractivity contribution in [3.05, 3.63) is 22.1 Å². The van der Waals surface area contributed by atoms with Crippen LogP contribution >= 0.6 is 0 Å². The first-order valence-corrected chi connectivity index (χ1v) is 6.00. The van der Waals surface area contributed by atoms with Crippen LogP contribution in [0.1, 0.15) is 44.3 Å². The van der Waals surface area contributed by atoms with E-state index in [9.17, 15) is 14.9 Å². The molecule has 1 rings (SSSR count). The van der Waals surface area contributed by atoms with E-state index in [-0.39, 0.29) is 12.2 Å². The number of H-pyrrole nitrogens is 1. The molecule has 0 saturated carbocycles. The zero-order valence-corrected chi connectivity index (χ0v) is 10.1. The number of aryl methyl sites for hydroxylation is 1. The van der Waals surface area contributed by atoms with E-state index < -0.39 is 10.9 Å². The number of carboxylic acid groups (broad SMARTS) is 1. The van der Waals surface area contributed by atoms with Gasteiger partial charge in [0, 0.05) is 12.8 Å². The van der Waals surface area contributed by atoms with Crippen LogP contribution in [0.25, 0.3) is 0 Å². The van der Waals surface area contributed by atoms with E-state index >= 15 is 0 Å². The number of nitrogens with one attached hydrogen (secondary N) is 1. The van der Waals surface area contributed by atoms with Crippen molar-refractivity contribution >= 4 is 11.8 Å². The Morgan fingerprint density at radius 1 is 1.33 bits per heavy atom. The van der Waals surface area contributed by atoms with Crippen LogP contribution < -0.4 is 0 Å². The van der Waals surface area contributed by atoms with Gasteiger partial charge >= 0.3 is 11.8 Å². The van der Waals surface area contributed by atoms with Crippen molar-refractivity contribution in [3.63, 3.8) is 0 Å². The molecule has 18 heavy (non-hydrogen) atoms. The highest BCUT2D eigenvalue weighted by atomic mass is 16.6. The summed E-state index contributed by atoms with van der Waals surface area (Å²) >= 11 is 0. The van der Waals surface area contributed by atoms with Gasteiger partial charge in [0.25, 0.3) is 0 Å². The van der Waals surface area contributed by atoms with Crippen LogP contribution in [0.5, 0.6) is 0 Å². The molecule has 0 radical (unpaired) electrons. The summed E-state index contributed by atoms with van der Waals surface area (Å²) in [5, 5.41) is 18.8. The average molecular weight is 255 g/mol. The summed E-state index contributed by atoms with van der Waals surface area (Å²) in [7, 11) is 0. The average Bonchev–Trinajstić information content (AvgIpc) is 2.76. The van der Waals surface area contributed by atoms with Crippen molar-refractivity contribution in [1.29, 1.82) is 0 Å². The molecule has 0 aliphatic heterocycles. The number of nitro groups is 1. The van der Waals surface area contributed by atoms with E-state index in [4.69, 9.17) is 5.11 Å². The molecule has 0 bridgehead atoms. The first-order valence-electron chi connectivity index (χ1n) is 6.00. The van der Waals surface area contributed by atoms with Gasteiger partial charge in [0.2, 0.25) is 5.82 Å². The highest BCUT2D eigenvalue weighted by Crippen LogP contribution is 2.11. The molecule has 0 saturated heterocycles. The number of hydrogen-bond donors (Lipinski definition) is 2. The number of rotatable bonds is 9. The number of carbonyl (C=O) groups is 1. The Kier molecular flexibility index (Phi) is 5.83. The second-order valence-corrected chi connectivity index (χ2v) is 4.12. The number of aromatic nitrogens is 2. The van der Waals surface area contributed by atoms with Crippen molar-refractivity contribution in [1.82, 2.24) is 9.97 Å². The number of unbranched alkanes of at least 4 members (excludes halogenated alkanes) is 4. The molecular weight excluding hydrogens is 238 g/mol. The molecular formula is C11H17N3O4. The Labute approximate surface area is 104 Å². The van der Waals surface area contributed by atoms with E-state index in [1.165, 1.54) is 6.20 Å². The number of aliphatic carboxylic acids is 1. The van der Waals surface area contributed by atoms with Gasteiger partial charge in [-0.15, -0.1) is 0 Å². The smallest absolute Gasteiger partial charge is 0.381 e. The number of aromatic amines is 1. The number of hydrogen-bond acceptors (Lipinski definition) is 4. The molecule has 1 aromatic heterocycles. The maximum absolute atomic E-state index is 10.4. The van der Waals surface area contributed by atoms with Crippen LogP contribution in [0.3, 0.4) is 0 Å². The first kappa shape index (κ1) is 14.1. The van der Waals surface area contributed by atoms with Crippen molar-refractivity contribution in [2.75, 3.05) is 0 Å². The van der Waals surface area contributed by atoms with E-state index in [0.717, 1.165) is 25.7 Å². The van der Waals surface area contributed by atoms with Crippen molar-refractivity contribution in [2.24, 2.45) is 0 Å². The molecule has 0 fully saturated rings. The quantitative estimate of drug-likeness (QED) is 0.399. The van der Waals surface area contributed by atoms with E-state index in [0.29, 0.717) is 18.7 Å². The summed E-state index contributed by atoms with van der Waals surface area (Å²) in [5.41, 5.74) is 0. The SMILES string of the molecule is O=C(O)CCCCCCCc1nc([N+](=O)[O-])c[nH]1. The van der Waals surface area contributed by atoms with Crippen molar-refractivity contribution in [2.45, 2.75) is 44.9 Å². The van der Waals surface area contributed by atoms with Crippen LogP contribution in [-0.2, 0) is 11.2 Å². The predicted octanol–water partition coefficient (Wildman–Crippen LogP) is 2.29. The molecule has 1 heterocycles. The maximum Gasteiger partial charge on any atom is 0.381 e. The number of imidazole rings is 1. The van der Waals surface area contributed by atoms with Crippen LogP contribution in [0.2, 0.25) is 0 Å². The van der Waals surface area contributed by atoms with Gasteiger partial charge < -0.3 is 20.2 Å². The Bertz CT molecular complexity index is 403. The molecule has 0 aliphatic rings. The largest absolute Gasteiger partial charge is 0.481 e. The second-order valence-electron chi connectivity index (χ2n) is 4.12. The molecule has 7 nitrogen and oxygen atoms in total. The predicted molar refractivity (Wildman–Crippen MR) is 64.3 cm³/mol. The van der Waals surface area contributed by atoms with Gasteiger partial charge in [0.05, 0.1) is 0 Å². The monoisotopic (exact) mass is 255 g/mol. The molecule has 0 atom stereocenters. The standard InChI is InChI=1S/C11H17N3O4/c15-11(16)7-5-3-1-2-4-6-9-12-8-10(13-9)14(17)18/h8H,1-7H2,(H,12,13)(H,15,16). The van der Waals surface area contributed by atoms with Gasteiger partial charge in [0.15, 0.2) is 0 Å². The lowest BCUT2D eigenvalue weighted by atomic mass is 10.1. The Hall–Kier alpha value is -1.92. The molecule has 2 N–H and O–H groups in total. The molecule has 100 valence electrons. The normalized spacial score (nSPS) is 10.4. The summed E-state index contributed by atoms with van der Waals surface area (Å²) in [6.45, 7) is 0. The third-order valence-corrected chi connectivity index (χ3v) is 2.61. The molecule has 1 aromatic rings. The van der Waals surface area contributed by atoms with Gasteiger partial charge in [-0.05, 0) is 22.7 Å². The fraction of sp³-hybridized carbons (Fsp3) is 0.636. The van der Waals surface area contributed by atoms with E-state index in [2.05, 4.69) is 9.97 Å². The molecule has 0 unspecified atom stereocenters. The molecule has 0 spiro atoms. The van der Waals surface area contributed by atoms with Crippen LogP contribution in [0, 0.1) is 10.1 Å². The van der Waals surface area contributed by atoms with Gasteiger partial charge in [-0.3, -0.25) is 4.79 Å². The fourth-order valence-corrected chi connectivity index (χ4v) is 1.67. The number of nitrogens with zero attached hydrogens (tertiary/aromatic N) is 2. The van der Waals surface area contributed by atoms with Crippen LogP contribution in [0.15, 0.2) is 6.20 Å². The first-order chi connectivity index (χ1) is 8.59. The Morgan fingerprint density at radius 2 is 2.00 bits per heavy atom. The van der Waals surface area contributed by atoms with E-state index in [1.54, 1.807) is 0 Å². The number of carboxylic acids is 1. The van der Waals surface area contributed by atoms with Crippen molar-refractivity contribution < 1.29 is 14.8 Å².